The Hall–Kier alpha value is -2.27. The van der Waals surface area contributed by atoms with Crippen LogP contribution in [0.1, 0.15) is 11.3 Å². The van der Waals surface area contributed by atoms with E-state index in [1.165, 1.54) is 0 Å². The molecular formula is C15H14N4S. The molecule has 0 spiro atoms. The molecule has 0 saturated carbocycles. The third kappa shape index (κ3) is 2.83. The number of thiophene rings is 1. The van der Waals surface area contributed by atoms with Crippen molar-refractivity contribution in [2.75, 3.05) is 5.73 Å². The van der Waals surface area contributed by atoms with E-state index in [9.17, 15) is 0 Å². The molecule has 4 nitrogen and oxygen atoms in total. The van der Waals surface area contributed by atoms with E-state index in [4.69, 9.17) is 5.73 Å². The Morgan fingerprint density at radius 2 is 2.00 bits per heavy atom. The van der Waals surface area contributed by atoms with Crippen LogP contribution >= 0.6 is 11.3 Å². The Morgan fingerprint density at radius 1 is 1.05 bits per heavy atom. The summed E-state index contributed by atoms with van der Waals surface area (Å²) >= 11 is 1.61. The highest BCUT2D eigenvalue weighted by molar-refractivity contribution is 7.13. The molecule has 0 aromatic carbocycles. The van der Waals surface area contributed by atoms with Crippen molar-refractivity contribution in [3.8, 4) is 10.7 Å². The predicted octanol–water partition coefficient (Wildman–Crippen LogP) is 2.97. The fraction of sp³-hybridized carbons (Fsp3) is 0.133. The first-order valence-corrected chi connectivity index (χ1v) is 7.26. The van der Waals surface area contributed by atoms with Gasteiger partial charge in [-0.15, -0.1) is 11.3 Å². The summed E-state index contributed by atoms with van der Waals surface area (Å²) in [4.78, 5) is 14.1. The molecule has 0 radical (unpaired) electrons. The molecule has 2 N–H and O–H groups in total. The minimum Gasteiger partial charge on any atom is -0.383 e. The van der Waals surface area contributed by atoms with Gasteiger partial charge in [-0.25, -0.2) is 9.97 Å². The molecule has 0 bridgehead atoms. The van der Waals surface area contributed by atoms with E-state index in [0.717, 1.165) is 29.0 Å². The second-order valence-electron chi connectivity index (χ2n) is 4.40. The monoisotopic (exact) mass is 282 g/mol. The molecule has 0 aliphatic rings. The number of aromatic nitrogens is 3. The molecule has 3 aromatic heterocycles. The smallest absolute Gasteiger partial charge is 0.171 e. The molecule has 0 unspecified atom stereocenters. The van der Waals surface area contributed by atoms with Crippen LogP contribution in [0.4, 0.5) is 5.82 Å². The van der Waals surface area contributed by atoms with E-state index in [2.05, 4.69) is 15.0 Å². The largest absolute Gasteiger partial charge is 0.383 e. The summed E-state index contributed by atoms with van der Waals surface area (Å²) in [6, 6.07) is 9.89. The van der Waals surface area contributed by atoms with E-state index >= 15 is 0 Å². The van der Waals surface area contributed by atoms with Crippen LogP contribution in [0.5, 0.6) is 0 Å². The molecule has 0 aliphatic carbocycles. The van der Waals surface area contributed by atoms with Gasteiger partial charge in [0.2, 0.25) is 0 Å². The van der Waals surface area contributed by atoms with Crippen molar-refractivity contribution < 1.29 is 0 Å². The first kappa shape index (κ1) is 12.7. The lowest BCUT2D eigenvalue weighted by Crippen LogP contribution is -2.03. The average Bonchev–Trinajstić information content (AvgIpc) is 3.01. The van der Waals surface area contributed by atoms with Crippen molar-refractivity contribution in [3.05, 3.63) is 59.4 Å². The highest BCUT2D eigenvalue weighted by Gasteiger charge is 2.07. The summed E-state index contributed by atoms with van der Waals surface area (Å²) in [5.74, 6) is 1.25. The zero-order valence-corrected chi connectivity index (χ0v) is 11.7. The van der Waals surface area contributed by atoms with Gasteiger partial charge in [0, 0.05) is 23.7 Å². The molecule has 0 saturated heterocycles. The van der Waals surface area contributed by atoms with E-state index in [0.29, 0.717) is 11.6 Å². The minimum atomic E-state index is 0.555. The van der Waals surface area contributed by atoms with Crippen molar-refractivity contribution in [3.63, 3.8) is 0 Å². The minimum absolute atomic E-state index is 0.555. The summed E-state index contributed by atoms with van der Waals surface area (Å²) in [5.41, 5.74) is 8.04. The van der Waals surface area contributed by atoms with Crippen LogP contribution in [-0.2, 0) is 12.8 Å². The highest BCUT2D eigenvalue weighted by atomic mass is 32.1. The lowest BCUT2D eigenvalue weighted by atomic mass is 10.1. The molecule has 3 rings (SSSR count). The first-order chi connectivity index (χ1) is 9.83. The van der Waals surface area contributed by atoms with Crippen molar-refractivity contribution in [1.82, 2.24) is 15.0 Å². The normalized spacial score (nSPS) is 10.6. The van der Waals surface area contributed by atoms with Gasteiger partial charge in [-0.3, -0.25) is 4.98 Å². The lowest BCUT2D eigenvalue weighted by Gasteiger charge is -2.05. The summed E-state index contributed by atoms with van der Waals surface area (Å²) in [5, 5.41) is 2.00. The Bertz CT molecular complexity index is 680. The van der Waals surface area contributed by atoms with E-state index in [1.54, 1.807) is 17.5 Å². The number of rotatable bonds is 4. The van der Waals surface area contributed by atoms with Crippen LogP contribution in [0, 0.1) is 0 Å². The summed E-state index contributed by atoms with van der Waals surface area (Å²) in [6.45, 7) is 0. The number of nitrogens with zero attached hydrogens (tertiary/aromatic N) is 3. The Morgan fingerprint density at radius 3 is 2.70 bits per heavy atom. The first-order valence-electron chi connectivity index (χ1n) is 6.38. The molecule has 20 heavy (non-hydrogen) atoms. The van der Waals surface area contributed by atoms with Crippen LogP contribution < -0.4 is 5.73 Å². The second kappa shape index (κ2) is 5.79. The quantitative estimate of drug-likeness (QED) is 0.799. The summed E-state index contributed by atoms with van der Waals surface area (Å²) in [7, 11) is 0. The van der Waals surface area contributed by atoms with Gasteiger partial charge < -0.3 is 5.73 Å². The van der Waals surface area contributed by atoms with E-state index in [1.807, 2.05) is 41.9 Å². The van der Waals surface area contributed by atoms with E-state index < -0.39 is 0 Å². The Labute approximate surface area is 121 Å². The van der Waals surface area contributed by atoms with Gasteiger partial charge >= 0.3 is 0 Å². The van der Waals surface area contributed by atoms with Crippen LogP contribution in [0.15, 0.2) is 48.1 Å². The number of nitrogens with two attached hydrogens (primary N) is 1. The third-order valence-electron chi connectivity index (χ3n) is 3.02. The SMILES string of the molecule is Nc1nc(-c2cccs2)ncc1CCc1ccccn1. The molecule has 0 fully saturated rings. The maximum Gasteiger partial charge on any atom is 0.171 e. The summed E-state index contributed by atoms with van der Waals surface area (Å²) < 4.78 is 0. The molecule has 0 aliphatic heterocycles. The third-order valence-corrected chi connectivity index (χ3v) is 3.88. The number of aryl methyl sites for hydroxylation is 2. The average molecular weight is 282 g/mol. The van der Waals surface area contributed by atoms with Crippen molar-refractivity contribution in [2.24, 2.45) is 0 Å². The van der Waals surface area contributed by atoms with Gasteiger partial charge in [-0.2, -0.15) is 0 Å². The molecule has 0 atom stereocenters. The topological polar surface area (TPSA) is 64.7 Å². The van der Waals surface area contributed by atoms with Gasteiger partial charge in [0.05, 0.1) is 4.88 Å². The maximum atomic E-state index is 6.02. The fourth-order valence-electron chi connectivity index (χ4n) is 1.95. The van der Waals surface area contributed by atoms with Gasteiger partial charge in [0.15, 0.2) is 5.82 Å². The van der Waals surface area contributed by atoms with Crippen LogP contribution in [0.2, 0.25) is 0 Å². The van der Waals surface area contributed by atoms with Crippen molar-refractivity contribution >= 4 is 17.2 Å². The fourth-order valence-corrected chi connectivity index (χ4v) is 2.61. The van der Waals surface area contributed by atoms with Gasteiger partial charge in [-0.05, 0) is 36.4 Å². The zero-order chi connectivity index (χ0) is 13.8. The lowest BCUT2D eigenvalue weighted by molar-refractivity contribution is 0.902. The number of hydrogen-bond acceptors (Lipinski definition) is 5. The molecule has 3 aromatic rings. The molecule has 3 heterocycles. The predicted molar refractivity (Wildman–Crippen MR) is 81.4 cm³/mol. The summed E-state index contributed by atoms with van der Waals surface area (Å²) in [6.07, 6.45) is 5.26. The van der Waals surface area contributed by atoms with Gasteiger partial charge in [0.1, 0.15) is 5.82 Å². The number of nitrogen functional groups attached to an aromatic ring is 1. The van der Waals surface area contributed by atoms with Gasteiger partial charge in [-0.1, -0.05) is 12.1 Å². The molecular weight excluding hydrogens is 268 g/mol. The number of anilines is 1. The standard InChI is InChI=1S/C15H14N4S/c16-14-11(6-7-12-4-1-2-8-17-12)10-18-15(19-14)13-5-3-9-20-13/h1-5,8-10H,6-7H2,(H2,16,18,19). The van der Waals surface area contributed by atoms with Gasteiger partial charge in [0.25, 0.3) is 0 Å². The van der Waals surface area contributed by atoms with Crippen LogP contribution in [0.25, 0.3) is 10.7 Å². The Balaban J connectivity index is 1.75. The maximum absolute atomic E-state index is 6.02. The zero-order valence-electron chi connectivity index (χ0n) is 10.9. The number of pyridine rings is 1. The molecule has 0 amide bonds. The van der Waals surface area contributed by atoms with E-state index in [-0.39, 0.29) is 0 Å². The second-order valence-corrected chi connectivity index (χ2v) is 5.35. The van der Waals surface area contributed by atoms with Crippen LogP contribution in [0.3, 0.4) is 0 Å². The Kier molecular flexibility index (Phi) is 3.69. The molecule has 5 heteroatoms. The molecule has 100 valence electrons. The van der Waals surface area contributed by atoms with Crippen molar-refractivity contribution in [1.29, 1.82) is 0 Å². The van der Waals surface area contributed by atoms with Crippen molar-refractivity contribution in [2.45, 2.75) is 12.8 Å². The van der Waals surface area contributed by atoms with Crippen LogP contribution in [-0.4, -0.2) is 15.0 Å². The number of hydrogen-bond donors (Lipinski definition) is 1. The highest BCUT2D eigenvalue weighted by Crippen LogP contribution is 2.22.